The highest BCUT2D eigenvalue weighted by atomic mass is 16.1. The summed E-state index contributed by atoms with van der Waals surface area (Å²) in [5.74, 6) is 0.0621. The smallest absolute Gasteiger partial charge is 0.221 e. The largest absolute Gasteiger partial charge is 0.398 e. The van der Waals surface area contributed by atoms with Crippen molar-refractivity contribution in [3.63, 3.8) is 0 Å². The summed E-state index contributed by atoms with van der Waals surface area (Å²) in [6.07, 6.45) is 3.13. The molecule has 0 bridgehead atoms. The lowest BCUT2D eigenvalue weighted by Crippen LogP contribution is -2.25. The normalized spacial score (nSPS) is 10.4. The van der Waals surface area contributed by atoms with Crippen molar-refractivity contribution in [1.29, 1.82) is 0 Å². The van der Waals surface area contributed by atoms with Crippen LogP contribution in [0.2, 0.25) is 0 Å². The first-order valence-corrected chi connectivity index (χ1v) is 6.86. The number of hydrogen-bond acceptors (Lipinski definition) is 4. The van der Waals surface area contributed by atoms with Gasteiger partial charge >= 0.3 is 0 Å². The highest BCUT2D eigenvalue weighted by molar-refractivity contribution is 5.98. The van der Waals surface area contributed by atoms with Crippen LogP contribution in [0.1, 0.15) is 19.8 Å². The lowest BCUT2D eigenvalue weighted by atomic mass is 10.1. The molecule has 0 spiro atoms. The average molecular weight is 272 g/mol. The second kappa shape index (κ2) is 6.75. The van der Waals surface area contributed by atoms with Gasteiger partial charge in [0.2, 0.25) is 5.91 Å². The van der Waals surface area contributed by atoms with E-state index in [0.717, 1.165) is 29.6 Å². The van der Waals surface area contributed by atoms with Gasteiger partial charge in [-0.2, -0.15) is 0 Å². The van der Waals surface area contributed by atoms with Crippen molar-refractivity contribution >= 4 is 28.2 Å². The molecule has 0 aliphatic heterocycles. The molecule has 0 atom stereocenters. The van der Waals surface area contributed by atoms with E-state index in [0.29, 0.717) is 18.7 Å². The monoisotopic (exact) mass is 272 g/mol. The van der Waals surface area contributed by atoms with Crippen LogP contribution >= 0.6 is 0 Å². The summed E-state index contributed by atoms with van der Waals surface area (Å²) in [5, 5.41) is 7.02. The van der Waals surface area contributed by atoms with Crippen LogP contribution in [0.4, 0.5) is 11.4 Å². The molecule has 0 unspecified atom stereocenters. The number of anilines is 2. The van der Waals surface area contributed by atoms with Crippen molar-refractivity contribution in [2.75, 3.05) is 24.1 Å². The predicted molar refractivity (Wildman–Crippen MR) is 82.6 cm³/mol. The first-order valence-electron chi connectivity index (χ1n) is 6.86. The molecule has 0 radical (unpaired) electrons. The number of pyridine rings is 1. The number of benzene rings is 1. The molecule has 1 heterocycles. The lowest BCUT2D eigenvalue weighted by molar-refractivity contribution is -0.120. The van der Waals surface area contributed by atoms with Gasteiger partial charge in [-0.15, -0.1) is 0 Å². The van der Waals surface area contributed by atoms with Crippen LogP contribution in [0.5, 0.6) is 0 Å². The van der Waals surface area contributed by atoms with Crippen molar-refractivity contribution in [3.8, 4) is 0 Å². The molecule has 20 heavy (non-hydrogen) atoms. The number of nitrogen functional groups attached to an aromatic ring is 1. The molecule has 0 saturated carbocycles. The molecule has 1 aromatic carbocycles. The number of amides is 1. The first-order chi connectivity index (χ1) is 9.72. The maximum atomic E-state index is 11.5. The molecule has 2 aromatic rings. The Kier molecular flexibility index (Phi) is 4.76. The van der Waals surface area contributed by atoms with E-state index in [2.05, 4.69) is 15.6 Å². The summed E-state index contributed by atoms with van der Waals surface area (Å²) in [4.78, 5) is 15.9. The van der Waals surface area contributed by atoms with E-state index in [1.54, 1.807) is 6.20 Å². The Balaban J connectivity index is 2.00. The minimum absolute atomic E-state index is 0.0621. The SMILES string of the molecule is CCCNC(=O)CCNc1ccc(N)c2cccnc12. The molecule has 5 heteroatoms. The molecule has 0 saturated heterocycles. The summed E-state index contributed by atoms with van der Waals surface area (Å²) in [7, 11) is 0. The summed E-state index contributed by atoms with van der Waals surface area (Å²) in [6, 6.07) is 7.55. The van der Waals surface area contributed by atoms with Crippen LogP contribution < -0.4 is 16.4 Å². The van der Waals surface area contributed by atoms with Gasteiger partial charge in [0.1, 0.15) is 0 Å². The Morgan fingerprint density at radius 1 is 1.30 bits per heavy atom. The summed E-state index contributed by atoms with van der Waals surface area (Å²) < 4.78 is 0. The fraction of sp³-hybridized carbons (Fsp3) is 0.333. The molecule has 0 fully saturated rings. The number of rotatable bonds is 6. The molecule has 0 aliphatic rings. The Morgan fingerprint density at radius 2 is 2.15 bits per heavy atom. The van der Waals surface area contributed by atoms with Crippen molar-refractivity contribution in [2.45, 2.75) is 19.8 Å². The zero-order chi connectivity index (χ0) is 14.4. The van der Waals surface area contributed by atoms with Gasteiger partial charge in [0.05, 0.1) is 11.2 Å². The van der Waals surface area contributed by atoms with E-state index >= 15 is 0 Å². The van der Waals surface area contributed by atoms with Crippen molar-refractivity contribution in [2.24, 2.45) is 0 Å². The quantitative estimate of drug-likeness (QED) is 0.704. The van der Waals surface area contributed by atoms with Crippen LogP contribution in [0, 0.1) is 0 Å². The first kappa shape index (κ1) is 14.1. The number of nitrogens with zero attached hydrogens (tertiary/aromatic N) is 1. The standard InChI is InChI=1S/C15H20N4O/c1-2-8-18-14(20)7-10-17-13-6-5-12(16)11-4-3-9-19-15(11)13/h3-6,9,17H,2,7-8,10,16H2,1H3,(H,18,20). The minimum Gasteiger partial charge on any atom is -0.398 e. The van der Waals surface area contributed by atoms with Crippen molar-refractivity contribution in [1.82, 2.24) is 10.3 Å². The van der Waals surface area contributed by atoms with Gasteiger partial charge in [-0.1, -0.05) is 6.92 Å². The summed E-state index contributed by atoms with van der Waals surface area (Å²) >= 11 is 0. The molecule has 1 amide bonds. The van der Waals surface area contributed by atoms with Gasteiger partial charge < -0.3 is 16.4 Å². The Hall–Kier alpha value is -2.30. The third kappa shape index (κ3) is 3.38. The molecule has 5 nitrogen and oxygen atoms in total. The molecule has 2 rings (SSSR count). The van der Waals surface area contributed by atoms with Gasteiger partial charge in [0, 0.05) is 36.8 Å². The molecule has 0 aliphatic carbocycles. The van der Waals surface area contributed by atoms with E-state index < -0.39 is 0 Å². The molecule has 1 aromatic heterocycles. The van der Waals surface area contributed by atoms with E-state index in [4.69, 9.17) is 5.73 Å². The van der Waals surface area contributed by atoms with Crippen molar-refractivity contribution < 1.29 is 4.79 Å². The van der Waals surface area contributed by atoms with E-state index in [9.17, 15) is 4.79 Å². The van der Waals surface area contributed by atoms with Gasteiger partial charge in [-0.05, 0) is 30.7 Å². The highest BCUT2D eigenvalue weighted by Gasteiger charge is 2.05. The summed E-state index contributed by atoms with van der Waals surface area (Å²) in [5.41, 5.74) is 8.37. The van der Waals surface area contributed by atoms with Gasteiger partial charge in [-0.25, -0.2) is 0 Å². The average Bonchev–Trinajstić information content (AvgIpc) is 2.48. The molecular formula is C15H20N4O. The topological polar surface area (TPSA) is 80.0 Å². The maximum absolute atomic E-state index is 11.5. The molecule has 106 valence electrons. The van der Waals surface area contributed by atoms with E-state index in [-0.39, 0.29) is 5.91 Å². The maximum Gasteiger partial charge on any atom is 0.221 e. The lowest BCUT2D eigenvalue weighted by Gasteiger charge is -2.10. The van der Waals surface area contributed by atoms with Crippen LogP contribution in [0.25, 0.3) is 10.9 Å². The summed E-state index contributed by atoms with van der Waals surface area (Å²) in [6.45, 7) is 3.33. The van der Waals surface area contributed by atoms with Gasteiger partial charge in [0.15, 0.2) is 0 Å². The number of aromatic nitrogens is 1. The Bertz CT molecular complexity index is 597. The molecule has 4 N–H and O–H groups in total. The zero-order valence-electron chi connectivity index (χ0n) is 11.6. The third-order valence-electron chi connectivity index (χ3n) is 3.04. The predicted octanol–water partition coefficient (Wildman–Crippen LogP) is 2.15. The van der Waals surface area contributed by atoms with Crippen LogP contribution in [-0.2, 0) is 4.79 Å². The second-order valence-electron chi connectivity index (χ2n) is 4.63. The van der Waals surface area contributed by atoms with Crippen LogP contribution in [0.15, 0.2) is 30.5 Å². The van der Waals surface area contributed by atoms with Crippen LogP contribution in [-0.4, -0.2) is 24.0 Å². The number of nitrogens with one attached hydrogen (secondary N) is 2. The van der Waals surface area contributed by atoms with Crippen molar-refractivity contribution in [3.05, 3.63) is 30.5 Å². The molecular weight excluding hydrogens is 252 g/mol. The number of fused-ring (bicyclic) bond motifs is 1. The number of carbonyl (C=O) groups is 1. The Labute approximate surface area is 118 Å². The van der Waals surface area contributed by atoms with E-state index in [1.165, 1.54) is 0 Å². The number of carbonyl (C=O) groups excluding carboxylic acids is 1. The highest BCUT2D eigenvalue weighted by Crippen LogP contribution is 2.25. The third-order valence-corrected chi connectivity index (χ3v) is 3.04. The van der Waals surface area contributed by atoms with Gasteiger partial charge in [-0.3, -0.25) is 9.78 Å². The van der Waals surface area contributed by atoms with Crippen LogP contribution in [0.3, 0.4) is 0 Å². The Morgan fingerprint density at radius 3 is 2.95 bits per heavy atom. The number of hydrogen-bond donors (Lipinski definition) is 3. The number of nitrogens with two attached hydrogens (primary N) is 1. The fourth-order valence-corrected chi connectivity index (χ4v) is 2.00. The minimum atomic E-state index is 0.0621. The zero-order valence-corrected chi connectivity index (χ0v) is 11.6. The fourth-order valence-electron chi connectivity index (χ4n) is 2.00. The van der Waals surface area contributed by atoms with Gasteiger partial charge in [0.25, 0.3) is 0 Å². The second-order valence-corrected chi connectivity index (χ2v) is 4.63. The van der Waals surface area contributed by atoms with E-state index in [1.807, 2.05) is 31.2 Å².